The first-order chi connectivity index (χ1) is 6.81. The van der Waals surface area contributed by atoms with Crippen molar-refractivity contribution in [3.63, 3.8) is 0 Å². The molecule has 0 aromatic carbocycles. The van der Waals surface area contributed by atoms with Crippen LogP contribution in [0.4, 0.5) is 0 Å². The lowest BCUT2D eigenvalue weighted by Gasteiger charge is -2.06. The molecule has 0 saturated heterocycles. The molecule has 0 aromatic heterocycles. The highest BCUT2D eigenvalue weighted by atomic mass is 16.1. The third-order valence-electron chi connectivity index (χ3n) is 2.43. The van der Waals surface area contributed by atoms with Crippen molar-refractivity contribution in [1.29, 1.82) is 0 Å². The van der Waals surface area contributed by atoms with Gasteiger partial charge in [-0.1, -0.05) is 38.8 Å². The molecule has 0 amide bonds. The lowest BCUT2D eigenvalue weighted by molar-refractivity contribution is 0.474. The number of allylic oxidation sites excluding steroid dienone is 2. The molecule has 1 nitrogen and oxygen atoms in total. The first-order valence-corrected chi connectivity index (χ1v) is 5.81. The Morgan fingerprint density at radius 3 is 2.57 bits per heavy atom. The van der Waals surface area contributed by atoms with E-state index in [9.17, 15) is 4.79 Å². The summed E-state index contributed by atoms with van der Waals surface area (Å²) in [4.78, 5) is 10.0. The van der Waals surface area contributed by atoms with Crippen LogP contribution < -0.4 is 0 Å². The molecule has 0 saturated carbocycles. The summed E-state index contributed by atoms with van der Waals surface area (Å²) in [5.41, 5.74) is 0. The fraction of sp³-hybridized carbons (Fsp3) is 0.769. The van der Waals surface area contributed by atoms with Crippen LogP contribution in [0.5, 0.6) is 0 Å². The van der Waals surface area contributed by atoms with Gasteiger partial charge in [-0.05, 0) is 31.6 Å². The van der Waals surface area contributed by atoms with Crippen molar-refractivity contribution in [3.8, 4) is 0 Å². The smallest absolute Gasteiger partial charge is 0.198 e. The number of hydrogen-bond donors (Lipinski definition) is 0. The van der Waals surface area contributed by atoms with Gasteiger partial charge in [-0.25, -0.2) is 0 Å². The van der Waals surface area contributed by atoms with Gasteiger partial charge in [-0.2, -0.15) is 0 Å². The summed E-state index contributed by atoms with van der Waals surface area (Å²) in [6.45, 7) is 4.41. The highest BCUT2D eigenvalue weighted by Gasteiger charge is 2.00. The second kappa shape index (κ2) is 10.5. The molecule has 0 fully saturated rings. The minimum absolute atomic E-state index is 0.604. The van der Waals surface area contributed by atoms with E-state index in [0.717, 1.165) is 6.42 Å². The van der Waals surface area contributed by atoms with Crippen LogP contribution in [0.2, 0.25) is 0 Å². The van der Waals surface area contributed by atoms with Crippen LogP contribution in [-0.2, 0) is 4.79 Å². The van der Waals surface area contributed by atoms with Crippen LogP contribution in [-0.4, -0.2) is 6.29 Å². The van der Waals surface area contributed by atoms with Crippen molar-refractivity contribution in [2.75, 3.05) is 0 Å². The Morgan fingerprint density at radius 2 is 1.93 bits per heavy atom. The summed E-state index contributed by atoms with van der Waals surface area (Å²) in [6, 6.07) is 0. The maximum Gasteiger partial charge on any atom is 0.198 e. The van der Waals surface area contributed by atoms with Crippen LogP contribution >= 0.6 is 0 Å². The van der Waals surface area contributed by atoms with E-state index in [2.05, 4.69) is 26.0 Å². The van der Waals surface area contributed by atoms with Crippen molar-refractivity contribution < 1.29 is 4.79 Å². The highest BCUT2D eigenvalue weighted by molar-refractivity contribution is 5.50. The van der Waals surface area contributed by atoms with Gasteiger partial charge in [-0.15, -0.1) is 0 Å². The first kappa shape index (κ1) is 13.4. The van der Waals surface area contributed by atoms with E-state index in [1.807, 2.05) is 6.29 Å². The van der Waals surface area contributed by atoms with Crippen LogP contribution in [0.25, 0.3) is 0 Å². The molecule has 0 spiro atoms. The molecule has 1 atom stereocenters. The van der Waals surface area contributed by atoms with Gasteiger partial charge in [0.15, 0.2) is 6.29 Å². The van der Waals surface area contributed by atoms with Crippen LogP contribution in [0, 0.1) is 5.92 Å². The van der Waals surface area contributed by atoms with E-state index < -0.39 is 0 Å². The molecule has 0 aliphatic rings. The Bertz CT molecular complexity index is 149. The van der Waals surface area contributed by atoms with Gasteiger partial charge in [-0.3, -0.25) is 4.79 Å². The van der Waals surface area contributed by atoms with Crippen LogP contribution in [0.3, 0.4) is 0 Å². The van der Waals surface area contributed by atoms with Crippen molar-refractivity contribution in [2.45, 2.75) is 58.8 Å². The monoisotopic (exact) mass is 195 g/mol. The Labute approximate surface area is 88.6 Å². The van der Waals surface area contributed by atoms with E-state index in [0.29, 0.717) is 12.3 Å². The molecular formula is C13H23O. The Morgan fingerprint density at radius 1 is 1.21 bits per heavy atom. The molecule has 0 bridgehead atoms. The van der Waals surface area contributed by atoms with E-state index in [4.69, 9.17) is 0 Å². The molecule has 0 aliphatic heterocycles. The second-order valence-corrected chi connectivity index (χ2v) is 3.98. The number of rotatable bonds is 9. The molecule has 1 unspecified atom stereocenters. The Balaban J connectivity index is 3.21. The first-order valence-electron chi connectivity index (χ1n) is 5.81. The maximum absolute atomic E-state index is 10.0. The molecule has 0 aromatic rings. The zero-order valence-electron chi connectivity index (χ0n) is 9.59. The maximum atomic E-state index is 10.0. The molecule has 0 N–H and O–H groups in total. The van der Waals surface area contributed by atoms with E-state index >= 15 is 0 Å². The predicted octanol–water partition coefficient (Wildman–Crippen LogP) is 4.04. The number of hydrogen-bond acceptors (Lipinski definition) is 1. The fourth-order valence-corrected chi connectivity index (χ4v) is 1.44. The van der Waals surface area contributed by atoms with E-state index in [1.165, 1.54) is 32.1 Å². The average Bonchev–Trinajstić information content (AvgIpc) is 2.20. The van der Waals surface area contributed by atoms with Gasteiger partial charge >= 0.3 is 0 Å². The fourth-order valence-electron chi connectivity index (χ4n) is 1.44. The zero-order valence-corrected chi connectivity index (χ0v) is 9.59. The third kappa shape index (κ3) is 9.50. The van der Waals surface area contributed by atoms with Gasteiger partial charge in [0, 0.05) is 6.42 Å². The molecule has 0 rings (SSSR count). The molecule has 1 heteroatoms. The number of unbranched alkanes of at least 4 members (excludes halogenated alkanes) is 2. The lowest BCUT2D eigenvalue weighted by atomic mass is 9.99. The second-order valence-electron chi connectivity index (χ2n) is 3.98. The van der Waals surface area contributed by atoms with Gasteiger partial charge in [0.05, 0.1) is 0 Å². The highest BCUT2D eigenvalue weighted by Crippen LogP contribution is 2.13. The standard InChI is InChI=1S/C13H23O/c1-3-4-5-6-7-8-10-13(2)11-9-12-14/h5-6,13H,3-4,7-11H2,1-2H3. The normalized spacial score (nSPS) is 13.3. The lowest BCUT2D eigenvalue weighted by Crippen LogP contribution is -1.94. The van der Waals surface area contributed by atoms with Gasteiger partial charge in [0.25, 0.3) is 0 Å². The van der Waals surface area contributed by atoms with E-state index in [1.54, 1.807) is 0 Å². The van der Waals surface area contributed by atoms with Gasteiger partial charge in [0.2, 0.25) is 0 Å². The molecule has 0 aliphatic carbocycles. The molecule has 81 valence electrons. The summed E-state index contributed by atoms with van der Waals surface area (Å²) in [6.07, 6.45) is 14.2. The van der Waals surface area contributed by atoms with Crippen LogP contribution in [0.1, 0.15) is 58.8 Å². The molecule has 14 heavy (non-hydrogen) atoms. The van der Waals surface area contributed by atoms with Crippen molar-refractivity contribution in [2.24, 2.45) is 5.92 Å². The summed E-state index contributed by atoms with van der Waals surface area (Å²) in [5.74, 6) is 0.677. The molecular weight excluding hydrogens is 172 g/mol. The van der Waals surface area contributed by atoms with Crippen molar-refractivity contribution in [3.05, 3.63) is 12.2 Å². The SMILES string of the molecule is CCCC=CCCCC(C)CC[C]=O. The largest absolute Gasteiger partial charge is 0.291 e. The van der Waals surface area contributed by atoms with Crippen molar-refractivity contribution in [1.82, 2.24) is 0 Å². The van der Waals surface area contributed by atoms with Crippen LogP contribution in [0.15, 0.2) is 12.2 Å². The van der Waals surface area contributed by atoms with Gasteiger partial charge < -0.3 is 0 Å². The zero-order chi connectivity index (χ0) is 10.6. The third-order valence-corrected chi connectivity index (χ3v) is 2.43. The summed E-state index contributed by atoms with van der Waals surface area (Å²) >= 11 is 0. The minimum atomic E-state index is 0.604. The molecule has 1 radical (unpaired) electrons. The predicted molar refractivity (Wildman–Crippen MR) is 62.0 cm³/mol. The quantitative estimate of drug-likeness (QED) is 0.401. The minimum Gasteiger partial charge on any atom is -0.291 e. The summed E-state index contributed by atoms with van der Waals surface area (Å²) < 4.78 is 0. The summed E-state index contributed by atoms with van der Waals surface area (Å²) in [5, 5.41) is 0. The Kier molecular flexibility index (Phi) is 10.0. The molecule has 0 heterocycles. The topological polar surface area (TPSA) is 17.1 Å². The van der Waals surface area contributed by atoms with Crippen molar-refractivity contribution >= 4 is 6.29 Å². The number of carbonyl (C=O) groups excluding carboxylic acids is 1. The average molecular weight is 195 g/mol. The van der Waals surface area contributed by atoms with E-state index in [-0.39, 0.29) is 0 Å². The van der Waals surface area contributed by atoms with Gasteiger partial charge in [0.1, 0.15) is 0 Å². The summed E-state index contributed by atoms with van der Waals surface area (Å²) in [7, 11) is 0. The Hall–Kier alpha value is -0.590.